The van der Waals surface area contributed by atoms with Crippen LogP contribution in [0.3, 0.4) is 0 Å². The first-order valence-electron chi connectivity index (χ1n) is 22.6. The highest BCUT2D eigenvalue weighted by molar-refractivity contribution is 6.11. The van der Waals surface area contributed by atoms with Crippen LogP contribution in [0.2, 0.25) is 0 Å². The van der Waals surface area contributed by atoms with Crippen molar-refractivity contribution < 1.29 is 4.42 Å². The fourth-order valence-corrected chi connectivity index (χ4v) is 9.89. The summed E-state index contributed by atoms with van der Waals surface area (Å²) in [7, 11) is 0. The van der Waals surface area contributed by atoms with Crippen LogP contribution in [0.5, 0.6) is 0 Å². The lowest BCUT2D eigenvalue weighted by atomic mass is 9.98. The number of hydrogen-bond donors (Lipinski definition) is 0. The molecule has 0 radical (unpaired) electrons. The summed E-state index contributed by atoms with van der Waals surface area (Å²) in [6, 6.07) is 86.4. The third kappa shape index (κ3) is 6.72. The molecule has 5 heteroatoms. The van der Waals surface area contributed by atoms with Crippen LogP contribution in [-0.4, -0.2) is 19.3 Å². The minimum atomic E-state index is 0.472. The lowest BCUT2D eigenvalue weighted by Gasteiger charge is -2.14. The minimum absolute atomic E-state index is 0.472. The second-order valence-corrected chi connectivity index (χ2v) is 17.1. The van der Waals surface area contributed by atoms with Gasteiger partial charge in [-0.3, -0.25) is 0 Å². The van der Waals surface area contributed by atoms with Crippen molar-refractivity contribution in [2.45, 2.75) is 0 Å². The van der Waals surface area contributed by atoms with Gasteiger partial charge in [0.05, 0.1) is 22.1 Å². The number of rotatable bonds is 8. The van der Waals surface area contributed by atoms with Crippen molar-refractivity contribution in [3.05, 3.63) is 243 Å². The molecular weight excluding hydrogens is 817 g/mol. The van der Waals surface area contributed by atoms with Gasteiger partial charge in [0.25, 0.3) is 0 Å². The van der Waals surface area contributed by atoms with Gasteiger partial charge >= 0.3 is 0 Å². The van der Waals surface area contributed by atoms with Crippen molar-refractivity contribution in [2.75, 3.05) is 0 Å². The Labute approximate surface area is 387 Å². The lowest BCUT2D eigenvalue weighted by molar-refractivity contribution is 0.585. The number of nitrogens with zero attached hydrogens (tertiary/aromatic N) is 4. The van der Waals surface area contributed by atoms with Gasteiger partial charge in [-0.1, -0.05) is 158 Å². The summed E-state index contributed by atoms with van der Waals surface area (Å²) in [4.78, 5) is 0. The molecule has 0 aliphatic heterocycles. The van der Waals surface area contributed by atoms with Crippen LogP contribution in [-0.2, 0) is 0 Å². The van der Waals surface area contributed by atoms with Crippen LogP contribution >= 0.6 is 0 Å². The van der Waals surface area contributed by atoms with E-state index in [4.69, 9.17) is 4.42 Å². The summed E-state index contributed by atoms with van der Waals surface area (Å²) in [5, 5.41) is 13.8. The molecule has 13 rings (SSSR count). The van der Waals surface area contributed by atoms with Crippen LogP contribution in [0.25, 0.3) is 122 Å². The van der Waals surface area contributed by atoms with Crippen LogP contribution in [0.1, 0.15) is 0 Å². The quantitative estimate of drug-likeness (QED) is 0.153. The highest BCUT2D eigenvalue weighted by atomic mass is 16.4. The zero-order valence-electron chi connectivity index (χ0n) is 36.3. The molecule has 0 N–H and O–H groups in total. The monoisotopic (exact) mass is 856 g/mol. The van der Waals surface area contributed by atoms with Crippen LogP contribution in [0.4, 0.5) is 0 Å². The predicted octanol–water partition coefficient (Wildman–Crippen LogP) is 16.3. The smallest absolute Gasteiger partial charge is 0.248 e. The van der Waals surface area contributed by atoms with Gasteiger partial charge in [0.2, 0.25) is 11.8 Å². The van der Waals surface area contributed by atoms with Crippen molar-refractivity contribution in [1.29, 1.82) is 0 Å². The molecule has 0 spiro atoms. The summed E-state index contributed by atoms with van der Waals surface area (Å²) in [5.74, 6) is 0.944. The van der Waals surface area contributed by atoms with Gasteiger partial charge in [0.15, 0.2) is 0 Å². The maximum Gasteiger partial charge on any atom is 0.248 e. The standard InChI is InChI=1S/C62H40N4O/c1-5-17-41(18-6-1)47-33-48(42-19-7-2-8-20-42)36-51(35-47)65-57-27-15-13-25-53(57)55-39-45(29-31-59(55)65)61-63-64-62(67-61)46-30-32-60-56(40-46)54-26-14-16-28-58(54)66(60)52-37-49(43-21-9-3-10-22-43)34-50(38-52)44-23-11-4-12-24-44/h1-40H. The highest BCUT2D eigenvalue weighted by Gasteiger charge is 2.20. The second kappa shape index (κ2) is 15.9. The Hall–Kier alpha value is -9.06. The first-order chi connectivity index (χ1) is 33.2. The number of para-hydroxylation sites is 2. The van der Waals surface area contributed by atoms with E-state index in [9.17, 15) is 0 Å². The number of aromatic nitrogens is 4. The van der Waals surface area contributed by atoms with E-state index in [0.717, 1.165) is 88.4 Å². The molecule has 0 saturated carbocycles. The van der Waals surface area contributed by atoms with E-state index in [-0.39, 0.29) is 0 Å². The van der Waals surface area contributed by atoms with Crippen molar-refractivity contribution in [1.82, 2.24) is 19.3 Å². The minimum Gasteiger partial charge on any atom is -0.416 e. The molecule has 5 nitrogen and oxygen atoms in total. The van der Waals surface area contributed by atoms with E-state index in [1.807, 2.05) is 0 Å². The number of benzene rings is 10. The lowest BCUT2D eigenvalue weighted by Crippen LogP contribution is -1.96. The highest BCUT2D eigenvalue weighted by Crippen LogP contribution is 2.40. The summed E-state index contributed by atoms with van der Waals surface area (Å²) < 4.78 is 11.3. The van der Waals surface area contributed by atoms with Crippen molar-refractivity contribution >= 4 is 43.6 Å². The van der Waals surface area contributed by atoms with Crippen molar-refractivity contribution in [3.63, 3.8) is 0 Å². The predicted molar refractivity (Wildman–Crippen MR) is 276 cm³/mol. The molecule has 0 aliphatic carbocycles. The Balaban J connectivity index is 0.906. The van der Waals surface area contributed by atoms with Crippen molar-refractivity contribution in [2.24, 2.45) is 0 Å². The second-order valence-electron chi connectivity index (χ2n) is 17.1. The molecular formula is C62H40N4O. The summed E-state index contributed by atoms with van der Waals surface area (Å²) in [6.07, 6.45) is 0. The van der Waals surface area contributed by atoms with Gasteiger partial charge < -0.3 is 13.6 Å². The Bertz CT molecular complexity index is 3590. The van der Waals surface area contributed by atoms with E-state index in [1.165, 1.54) is 22.3 Å². The molecule has 3 heterocycles. The number of fused-ring (bicyclic) bond motifs is 6. The summed E-state index contributed by atoms with van der Waals surface area (Å²) in [5.41, 5.74) is 17.7. The third-order valence-electron chi connectivity index (χ3n) is 13.0. The Morgan fingerprint density at radius 3 is 0.910 bits per heavy atom. The molecule has 0 aliphatic rings. The number of hydrogen-bond acceptors (Lipinski definition) is 3. The first kappa shape index (κ1) is 38.4. The molecule has 0 bridgehead atoms. The molecule has 0 unspecified atom stereocenters. The summed E-state index contributed by atoms with van der Waals surface area (Å²) >= 11 is 0. The fraction of sp³-hybridized carbons (Fsp3) is 0. The molecule has 0 saturated heterocycles. The van der Waals surface area contributed by atoms with E-state index >= 15 is 0 Å². The Morgan fingerprint density at radius 2 is 0.552 bits per heavy atom. The van der Waals surface area contributed by atoms with E-state index in [0.29, 0.717) is 11.8 Å². The van der Waals surface area contributed by atoms with Crippen LogP contribution < -0.4 is 0 Å². The average Bonchev–Trinajstić information content (AvgIpc) is 4.13. The normalized spacial score (nSPS) is 11.6. The topological polar surface area (TPSA) is 48.8 Å². The van der Waals surface area contributed by atoms with Crippen LogP contribution in [0, 0.1) is 0 Å². The largest absolute Gasteiger partial charge is 0.416 e. The molecule has 10 aromatic carbocycles. The Morgan fingerprint density at radius 1 is 0.239 bits per heavy atom. The molecule has 314 valence electrons. The van der Waals surface area contributed by atoms with Crippen LogP contribution in [0.15, 0.2) is 247 Å². The molecule has 13 aromatic rings. The maximum atomic E-state index is 6.58. The van der Waals surface area contributed by atoms with Gasteiger partial charge in [-0.25, -0.2) is 0 Å². The van der Waals surface area contributed by atoms with E-state index in [2.05, 4.69) is 262 Å². The summed E-state index contributed by atoms with van der Waals surface area (Å²) in [6.45, 7) is 0. The first-order valence-corrected chi connectivity index (χ1v) is 22.6. The zero-order valence-corrected chi connectivity index (χ0v) is 36.3. The molecule has 0 amide bonds. The van der Waals surface area contributed by atoms with E-state index in [1.54, 1.807) is 0 Å². The molecule has 67 heavy (non-hydrogen) atoms. The zero-order chi connectivity index (χ0) is 44.3. The maximum absolute atomic E-state index is 6.58. The van der Waals surface area contributed by atoms with Gasteiger partial charge in [0, 0.05) is 44.0 Å². The van der Waals surface area contributed by atoms with Gasteiger partial charge in [0.1, 0.15) is 0 Å². The average molecular weight is 857 g/mol. The Kier molecular flexibility index (Phi) is 9.10. The third-order valence-corrected chi connectivity index (χ3v) is 13.0. The van der Waals surface area contributed by atoms with Crippen molar-refractivity contribution in [3.8, 4) is 78.8 Å². The van der Waals surface area contributed by atoms with E-state index < -0.39 is 0 Å². The van der Waals surface area contributed by atoms with Gasteiger partial charge in [-0.15, -0.1) is 10.2 Å². The molecule has 0 atom stereocenters. The fourth-order valence-electron chi connectivity index (χ4n) is 9.89. The van der Waals surface area contributed by atoms with Gasteiger partial charge in [-0.05, 0) is 129 Å². The van der Waals surface area contributed by atoms with Gasteiger partial charge in [-0.2, -0.15) is 0 Å². The molecule has 0 fully saturated rings. The SMILES string of the molecule is c1ccc(-c2cc(-c3ccccc3)cc(-n3c4ccccc4c4cc(-c5nnc(-c6ccc7c(c6)c6ccccc6n7-c6cc(-c7ccccc7)cc(-c7ccccc7)c6)o5)ccc43)c2)cc1. The molecule has 3 aromatic heterocycles.